The highest BCUT2D eigenvalue weighted by molar-refractivity contribution is 5.72. The van der Waals surface area contributed by atoms with Crippen molar-refractivity contribution in [2.45, 2.75) is 6.92 Å². The van der Waals surface area contributed by atoms with Crippen molar-refractivity contribution in [1.82, 2.24) is 9.80 Å². The molecule has 6 nitrogen and oxygen atoms in total. The molecule has 0 atom stereocenters. The summed E-state index contributed by atoms with van der Waals surface area (Å²) in [6.07, 6.45) is 5.14. The molecule has 0 fully saturated rings. The molecule has 0 aliphatic carbocycles. The highest BCUT2D eigenvalue weighted by Crippen LogP contribution is 2.05. The fourth-order valence-electron chi connectivity index (χ4n) is 1.11. The van der Waals surface area contributed by atoms with Crippen molar-refractivity contribution in [3.8, 4) is 0 Å². The molecule has 1 aliphatic heterocycles. The van der Waals surface area contributed by atoms with Crippen LogP contribution in [0.15, 0.2) is 24.7 Å². The SMILES string of the molecule is CCOC(=O)N1C=CCN(C(=O)OC)C=C1. The van der Waals surface area contributed by atoms with Gasteiger partial charge in [0.05, 0.1) is 13.7 Å². The molecule has 1 rings (SSSR count). The predicted octanol–water partition coefficient (Wildman–Crippen LogP) is 1.51. The summed E-state index contributed by atoms with van der Waals surface area (Å²) >= 11 is 0. The van der Waals surface area contributed by atoms with E-state index in [-0.39, 0.29) is 0 Å². The molecule has 1 heterocycles. The summed E-state index contributed by atoms with van der Waals surface area (Å²) in [6, 6.07) is 0. The van der Waals surface area contributed by atoms with E-state index in [0.29, 0.717) is 13.2 Å². The van der Waals surface area contributed by atoms with Crippen molar-refractivity contribution in [2.24, 2.45) is 0 Å². The van der Waals surface area contributed by atoms with Gasteiger partial charge in [-0.1, -0.05) is 0 Å². The molecule has 0 aromatic rings. The quantitative estimate of drug-likeness (QED) is 0.680. The molecule has 6 heteroatoms. The number of ether oxygens (including phenoxy) is 2. The molecule has 0 aromatic carbocycles. The van der Waals surface area contributed by atoms with Crippen LogP contribution < -0.4 is 0 Å². The third-order valence-electron chi connectivity index (χ3n) is 1.86. The number of carbonyl (C=O) groups is 2. The zero-order valence-corrected chi connectivity index (χ0v) is 9.25. The molecule has 0 bridgehead atoms. The van der Waals surface area contributed by atoms with Crippen LogP contribution in [0, 0.1) is 0 Å². The maximum atomic E-state index is 11.4. The van der Waals surface area contributed by atoms with E-state index in [9.17, 15) is 9.59 Å². The fourth-order valence-corrected chi connectivity index (χ4v) is 1.11. The summed E-state index contributed by atoms with van der Waals surface area (Å²) < 4.78 is 9.36. The van der Waals surface area contributed by atoms with E-state index in [1.54, 1.807) is 13.0 Å². The van der Waals surface area contributed by atoms with Crippen LogP contribution in [0.2, 0.25) is 0 Å². The number of rotatable bonds is 1. The minimum Gasteiger partial charge on any atom is -0.452 e. The van der Waals surface area contributed by atoms with Gasteiger partial charge in [-0.3, -0.25) is 9.80 Å². The Balaban J connectivity index is 2.67. The summed E-state index contributed by atoms with van der Waals surface area (Å²) in [4.78, 5) is 25.2. The number of hydrogen-bond acceptors (Lipinski definition) is 4. The van der Waals surface area contributed by atoms with Gasteiger partial charge in [-0.25, -0.2) is 9.59 Å². The van der Waals surface area contributed by atoms with E-state index in [0.717, 1.165) is 0 Å². The Labute approximate surface area is 93.7 Å². The van der Waals surface area contributed by atoms with Gasteiger partial charge >= 0.3 is 12.2 Å². The standard InChI is InChI=1S/C10H14N2O4/c1-3-16-10(14)12-6-4-5-11(7-8-12)9(13)15-2/h4,6-8H,3,5H2,1-2H3. The molecule has 0 spiro atoms. The van der Waals surface area contributed by atoms with Gasteiger partial charge in [-0.2, -0.15) is 0 Å². The molecule has 0 unspecified atom stereocenters. The number of methoxy groups -OCH3 is 1. The molecular formula is C10H14N2O4. The Morgan fingerprint density at radius 1 is 1.25 bits per heavy atom. The van der Waals surface area contributed by atoms with Crippen LogP contribution >= 0.6 is 0 Å². The van der Waals surface area contributed by atoms with E-state index in [1.165, 1.54) is 35.5 Å². The van der Waals surface area contributed by atoms with Crippen LogP contribution in [-0.2, 0) is 9.47 Å². The third-order valence-corrected chi connectivity index (χ3v) is 1.86. The minimum atomic E-state index is -0.485. The van der Waals surface area contributed by atoms with E-state index in [4.69, 9.17) is 4.74 Å². The molecule has 1 aliphatic rings. The van der Waals surface area contributed by atoms with Crippen molar-refractivity contribution in [1.29, 1.82) is 0 Å². The van der Waals surface area contributed by atoms with Gasteiger partial charge in [-0.15, -0.1) is 0 Å². The number of hydrogen-bond donors (Lipinski definition) is 0. The highest BCUT2D eigenvalue weighted by Gasteiger charge is 2.14. The van der Waals surface area contributed by atoms with Crippen LogP contribution in [0.4, 0.5) is 9.59 Å². The Bertz CT molecular complexity index is 325. The average Bonchev–Trinajstić information content (AvgIpc) is 2.53. The van der Waals surface area contributed by atoms with Crippen molar-refractivity contribution < 1.29 is 19.1 Å². The summed E-state index contributed by atoms with van der Waals surface area (Å²) in [6.45, 7) is 2.38. The first-order valence-electron chi connectivity index (χ1n) is 4.83. The summed E-state index contributed by atoms with van der Waals surface area (Å²) in [5.74, 6) is 0. The topological polar surface area (TPSA) is 59.1 Å². The van der Waals surface area contributed by atoms with Crippen molar-refractivity contribution in [2.75, 3.05) is 20.3 Å². The fraction of sp³-hybridized carbons (Fsp3) is 0.400. The second-order valence-electron chi connectivity index (χ2n) is 2.91. The van der Waals surface area contributed by atoms with Gasteiger partial charge in [0.2, 0.25) is 0 Å². The minimum absolute atomic E-state index is 0.303. The first kappa shape index (κ1) is 12.1. The van der Waals surface area contributed by atoms with Crippen LogP contribution in [-0.4, -0.2) is 42.2 Å². The zero-order valence-electron chi connectivity index (χ0n) is 9.25. The molecule has 0 radical (unpaired) electrons. The van der Waals surface area contributed by atoms with E-state index in [2.05, 4.69) is 4.74 Å². The second kappa shape index (κ2) is 5.79. The smallest absolute Gasteiger partial charge is 0.417 e. The van der Waals surface area contributed by atoms with Crippen molar-refractivity contribution in [3.63, 3.8) is 0 Å². The van der Waals surface area contributed by atoms with Crippen LogP contribution in [0.5, 0.6) is 0 Å². The Morgan fingerprint density at radius 2 is 2.00 bits per heavy atom. The summed E-state index contributed by atoms with van der Waals surface area (Å²) in [5.41, 5.74) is 0. The largest absolute Gasteiger partial charge is 0.452 e. The lowest BCUT2D eigenvalue weighted by atomic mass is 10.5. The third kappa shape index (κ3) is 3.01. The molecule has 2 amide bonds. The van der Waals surface area contributed by atoms with Gasteiger partial charge in [-0.05, 0) is 13.0 Å². The van der Waals surface area contributed by atoms with Crippen LogP contribution in [0.25, 0.3) is 0 Å². The summed E-state index contributed by atoms with van der Waals surface area (Å²) in [5, 5.41) is 0. The number of nitrogens with zero attached hydrogens (tertiary/aromatic N) is 2. The maximum Gasteiger partial charge on any atom is 0.417 e. The Kier molecular flexibility index (Phi) is 4.38. The van der Waals surface area contributed by atoms with Gasteiger partial charge < -0.3 is 9.47 Å². The lowest BCUT2D eigenvalue weighted by Crippen LogP contribution is -2.25. The molecule has 88 valence electrons. The molecule has 16 heavy (non-hydrogen) atoms. The van der Waals surface area contributed by atoms with Gasteiger partial charge in [0.25, 0.3) is 0 Å². The van der Waals surface area contributed by atoms with Crippen LogP contribution in [0.1, 0.15) is 6.92 Å². The number of carbonyl (C=O) groups excluding carboxylic acids is 2. The molecule has 0 saturated carbocycles. The van der Waals surface area contributed by atoms with Crippen molar-refractivity contribution in [3.05, 3.63) is 24.7 Å². The number of amides is 2. The van der Waals surface area contributed by atoms with Gasteiger partial charge in [0.15, 0.2) is 0 Å². The maximum absolute atomic E-state index is 11.4. The molecule has 0 saturated heterocycles. The predicted molar refractivity (Wildman–Crippen MR) is 56.3 cm³/mol. The van der Waals surface area contributed by atoms with Gasteiger partial charge in [0, 0.05) is 25.1 Å². The second-order valence-corrected chi connectivity index (χ2v) is 2.91. The zero-order chi connectivity index (χ0) is 12.0. The van der Waals surface area contributed by atoms with E-state index >= 15 is 0 Å². The van der Waals surface area contributed by atoms with Crippen LogP contribution in [0.3, 0.4) is 0 Å². The Hall–Kier alpha value is -1.98. The molecular weight excluding hydrogens is 212 g/mol. The normalized spacial score (nSPS) is 14.6. The first-order valence-corrected chi connectivity index (χ1v) is 4.83. The van der Waals surface area contributed by atoms with Gasteiger partial charge in [0.1, 0.15) is 0 Å². The lowest BCUT2D eigenvalue weighted by molar-refractivity contribution is 0.132. The monoisotopic (exact) mass is 226 g/mol. The van der Waals surface area contributed by atoms with E-state index in [1.807, 2.05) is 0 Å². The summed E-state index contributed by atoms with van der Waals surface area (Å²) in [7, 11) is 1.30. The molecule has 0 N–H and O–H groups in total. The van der Waals surface area contributed by atoms with Crippen molar-refractivity contribution >= 4 is 12.2 Å². The average molecular weight is 226 g/mol. The Morgan fingerprint density at radius 3 is 2.62 bits per heavy atom. The lowest BCUT2D eigenvalue weighted by Gasteiger charge is -2.13. The first-order chi connectivity index (χ1) is 7.69. The van der Waals surface area contributed by atoms with E-state index < -0.39 is 12.2 Å². The highest BCUT2D eigenvalue weighted by atomic mass is 16.6. The molecule has 0 aromatic heterocycles.